The van der Waals surface area contributed by atoms with Gasteiger partial charge in [-0.15, -0.1) is 0 Å². The minimum absolute atomic E-state index is 0.0937. The van der Waals surface area contributed by atoms with E-state index in [0.717, 1.165) is 5.56 Å². The summed E-state index contributed by atoms with van der Waals surface area (Å²) in [5.41, 5.74) is 3.22. The van der Waals surface area contributed by atoms with E-state index >= 15 is 0 Å². The van der Waals surface area contributed by atoms with Crippen molar-refractivity contribution in [2.45, 2.75) is 12.8 Å². The van der Waals surface area contributed by atoms with Gasteiger partial charge in [0.05, 0.1) is 7.11 Å². The third kappa shape index (κ3) is 4.57. The van der Waals surface area contributed by atoms with Crippen molar-refractivity contribution >= 4 is 23.1 Å². The summed E-state index contributed by atoms with van der Waals surface area (Å²) in [5, 5.41) is 13.1. The van der Waals surface area contributed by atoms with Crippen LogP contribution in [0.2, 0.25) is 0 Å². The van der Waals surface area contributed by atoms with Crippen LogP contribution in [0.15, 0.2) is 72.8 Å². The van der Waals surface area contributed by atoms with Crippen LogP contribution in [0.25, 0.3) is 0 Å². The summed E-state index contributed by atoms with van der Waals surface area (Å²) in [6.45, 7) is 0. The highest BCUT2D eigenvalue weighted by Crippen LogP contribution is 2.29. The maximum Gasteiger partial charge on any atom is 0.305 e. The zero-order valence-electron chi connectivity index (χ0n) is 15.5. The number of rotatable bonds is 7. The molecular formula is C23H21NO4. The molecule has 0 fully saturated rings. The Balaban J connectivity index is 1.91. The van der Waals surface area contributed by atoms with Crippen molar-refractivity contribution < 1.29 is 19.4 Å². The fourth-order valence-corrected chi connectivity index (χ4v) is 2.92. The minimum Gasteiger partial charge on any atom is -0.508 e. The summed E-state index contributed by atoms with van der Waals surface area (Å²) in [6, 6.07) is 21.2. The van der Waals surface area contributed by atoms with Crippen LogP contribution in [-0.4, -0.2) is 24.0 Å². The molecule has 0 atom stereocenters. The number of esters is 1. The van der Waals surface area contributed by atoms with Gasteiger partial charge in [-0.25, -0.2) is 0 Å². The van der Waals surface area contributed by atoms with Gasteiger partial charge in [0.2, 0.25) is 0 Å². The highest BCUT2D eigenvalue weighted by atomic mass is 16.5. The van der Waals surface area contributed by atoms with Crippen LogP contribution >= 0.6 is 0 Å². The second kappa shape index (κ2) is 8.86. The molecule has 0 aliphatic heterocycles. The van der Waals surface area contributed by atoms with E-state index in [2.05, 4.69) is 5.32 Å². The molecule has 5 nitrogen and oxygen atoms in total. The smallest absolute Gasteiger partial charge is 0.305 e. The monoisotopic (exact) mass is 375 g/mol. The van der Waals surface area contributed by atoms with Crippen molar-refractivity contribution in [3.05, 3.63) is 89.5 Å². The lowest BCUT2D eigenvalue weighted by atomic mass is 10.0. The van der Waals surface area contributed by atoms with Crippen LogP contribution in [0.4, 0.5) is 11.4 Å². The van der Waals surface area contributed by atoms with Crippen LogP contribution < -0.4 is 5.32 Å². The molecule has 0 unspecified atom stereocenters. The van der Waals surface area contributed by atoms with Gasteiger partial charge in [-0.05, 0) is 30.2 Å². The number of nitrogens with one attached hydrogen (secondary N) is 1. The summed E-state index contributed by atoms with van der Waals surface area (Å²) in [4.78, 5) is 24.4. The number of hydrogen-bond acceptors (Lipinski definition) is 5. The Morgan fingerprint density at radius 3 is 2.39 bits per heavy atom. The number of carbonyl (C=O) groups excluding carboxylic acids is 2. The number of ether oxygens (including phenoxy) is 1. The van der Waals surface area contributed by atoms with Crippen LogP contribution in [-0.2, 0) is 16.0 Å². The number of para-hydroxylation sites is 1. The first-order valence-electron chi connectivity index (χ1n) is 8.93. The van der Waals surface area contributed by atoms with E-state index in [4.69, 9.17) is 4.74 Å². The number of hydrogen-bond donors (Lipinski definition) is 2. The third-order valence-electron chi connectivity index (χ3n) is 4.40. The van der Waals surface area contributed by atoms with E-state index in [1.54, 1.807) is 36.4 Å². The summed E-state index contributed by atoms with van der Waals surface area (Å²) >= 11 is 0. The van der Waals surface area contributed by atoms with Crippen molar-refractivity contribution in [1.29, 1.82) is 0 Å². The van der Waals surface area contributed by atoms with Crippen molar-refractivity contribution in [2.24, 2.45) is 0 Å². The van der Waals surface area contributed by atoms with E-state index < -0.39 is 0 Å². The number of ketones is 1. The average Bonchev–Trinajstić information content (AvgIpc) is 2.73. The van der Waals surface area contributed by atoms with E-state index in [0.29, 0.717) is 28.9 Å². The first-order chi connectivity index (χ1) is 13.6. The van der Waals surface area contributed by atoms with Crippen LogP contribution in [0.3, 0.4) is 0 Å². The van der Waals surface area contributed by atoms with E-state index in [1.165, 1.54) is 7.11 Å². The molecule has 0 heterocycles. The van der Waals surface area contributed by atoms with Gasteiger partial charge in [-0.3, -0.25) is 9.59 Å². The van der Waals surface area contributed by atoms with Crippen molar-refractivity contribution in [1.82, 2.24) is 0 Å². The van der Waals surface area contributed by atoms with Crippen LogP contribution in [0.5, 0.6) is 5.75 Å². The number of anilines is 2. The number of phenols is 1. The van der Waals surface area contributed by atoms with Gasteiger partial charge in [0.25, 0.3) is 0 Å². The third-order valence-corrected chi connectivity index (χ3v) is 4.40. The molecule has 0 bridgehead atoms. The highest BCUT2D eigenvalue weighted by molar-refractivity contribution is 6.12. The second-order valence-corrected chi connectivity index (χ2v) is 6.28. The van der Waals surface area contributed by atoms with E-state index in [-0.39, 0.29) is 23.9 Å². The fraction of sp³-hybridized carbons (Fsp3) is 0.130. The molecule has 2 N–H and O–H groups in total. The van der Waals surface area contributed by atoms with Crippen molar-refractivity contribution in [2.75, 3.05) is 12.4 Å². The predicted octanol–water partition coefficient (Wildman–Crippen LogP) is 4.47. The molecule has 0 spiro atoms. The molecule has 142 valence electrons. The maximum absolute atomic E-state index is 12.9. The number of aromatic hydroxyl groups is 1. The molecule has 0 aliphatic rings. The zero-order chi connectivity index (χ0) is 19.9. The quantitative estimate of drug-likeness (QED) is 0.471. The molecule has 0 aromatic heterocycles. The molecule has 0 saturated carbocycles. The van der Waals surface area contributed by atoms with Crippen LogP contribution in [0.1, 0.15) is 27.9 Å². The fourth-order valence-electron chi connectivity index (χ4n) is 2.92. The normalized spacial score (nSPS) is 10.3. The van der Waals surface area contributed by atoms with Crippen LogP contribution in [0, 0.1) is 0 Å². The first-order valence-corrected chi connectivity index (χ1v) is 8.93. The molecule has 0 radical (unpaired) electrons. The lowest BCUT2D eigenvalue weighted by Gasteiger charge is -2.15. The summed E-state index contributed by atoms with van der Waals surface area (Å²) in [5.74, 6) is -0.310. The molecule has 0 aliphatic carbocycles. The van der Waals surface area contributed by atoms with Crippen molar-refractivity contribution in [3.8, 4) is 5.75 Å². The van der Waals surface area contributed by atoms with Gasteiger partial charge in [0, 0.05) is 35.0 Å². The Kier molecular flexibility index (Phi) is 6.07. The molecule has 3 aromatic rings. The topological polar surface area (TPSA) is 75.6 Å². The largest absolute Gasteiger partial charge is 0.508 e. The average molecular weight is 375 g/mol. The molecule has 28 heavy (non-hydrogen) atoms. The lowest BCUT2D eigenvalue weighted by Crippen LogP contribution is -2.07. The highest BCUT2D eigenvalue weighted by Gasteiger charge is 2.15. The SMILES string of the molecule is COC(=O)CCc1ccc(O)cc1Nc1ccccc1C(=O)c1ccccc1. The molecule has 5 heteroatoms. The maximum atomic E-state index is 12.9. The standard InChI is InChI=1S/C23H21NO4/c1-28-22(26)14-12-16-11-13-18(25)15-21(16)24-20-10-6-5-9-19(20)23(27)17-7-3-2-4-8-17/h2-11,13,15,24-25H,12,14H2,1H3. The number of benzene rings is 3. The zero-order valence-corrected chi connectivity index (χ0v) is 15.5. The van der Waals surface area contributed by atoms with Gasteiger partial charge >= 0.3 is 5.97 Å². The predicted molar refractivity (Wildman–Crippen MR) is 108 cm³/mol. The number of aryl methyl sites for hydroxylation is 1. The molecule has 0 saturated heterocycles. The molecule has 3 aromatic carbocycles. The molecule has 0 amide bonds. The Morgan fingerprint density at radius 2 is 1.64 bits per heavy atom. The Morgan fingerprint density at radius 1 is 0.929 bits per heavy atom. The second-order valence-electron chi connectivity index (χ2n) is 6.28. The van der Waals surface area contributed by atoms with Gasteiger partial charge < -0.3 is 15.2 Å². The Labute approximate surface area is 163 Å². The molecular weight excluding hydrogens is 354 g/mol. The summed E-state index contributed by atoms with van der Waals surface area (Å²) < 4.78 is 4.70. The van der Waals surface area contributed by atoms with Crippen molar-refractivity contribution in [3.63, 3.8) is 0 Å². The van der Waals surface area contributed by atoms with E-state index in [1.807, 2.05) is 36.4 Å². The number of carbonyl (C=O) groups is 2. The van der Waals surface area contributed by atoms with Gasteiger partial charge in [-0.2, -0.15) is 0 Å². The number of phenolic OH excluding ortho intramolecular Hbond substituents is 1. The lowest BCUT2D eigenvalue weighted by molar-refractivity contribution is -0.140. The van der Waals surface area contributed by atoms with E-state index in [9.17, 15) is 14.7 Å². The minimum atomic E-state index is -0.307. The van der Waals surface area contributed by atoms with Gasteiger partial charge in [-0.1, -0.05) is 48.5 Å². The summed E-state index contributed by atoms with van der Waals surface area (Å²) in [7, 11) is 1.35. The Bertz CT molecular complexity index is 983. The number of methoxy groups -OCH3 is 1. The van der Waals surface area contributed by atoms with Gasteiger partial charge in [0.1, 0.15) is 5.75 Å². The Hall–Kier alpha value is -3.60. The summed E-state index contributed by atoms with van der Waals surface area (Å²) in [6.07, 6.45) is 0.671. The first kappa shape index (κ1) is 19.2. The van der Waals surface area contributed by atoms with Gasteiger partial charge in [0.15, 0.2) is 5.78 Å². The molecule has 3 rings (SSSR count).